The summed E-state index contributed by atoms with van der Waals surface area (Å²) in [6.07, 6.45) is 0.862. The van der Waals surface area contributed by atoms with Gasteiger partial charge in [0.05, 0.1) is 0 Å². The summed E-state index contributed by atoms with van der Waals surface area (Å²) < 4.78 is 0. The topological polar surface area (TPSA) is 55.1 Å². The molecule has 1 unspecified atom stereocenters. The van der Waals surface area contributed by atoms with Crippen molar-refractivity contribution in [3.8, 4) is 0 Å². The highest BCUT2D eigenvalue weighted by Crippen LogP contribution is 2.09. The van der Waals surface area contributed by atoms with Crippen LogP contribution in [0.2, 0.25) is 0 Å². The predicted octanol–water partition coefficient (Wildman–Crippen LogP) is 1.33. The molecule has 3 heteroatoms. The number of hydrogen-bond donors (Lipinski definition) is 2. The molecule has 82 valence electrons. The van der Waals surface area contributed by atoms with Crippen LogP contribution in [0, 0.1) is 0 Å². The molecule has 15 heavy (non-hydrogen) atoms. The average Bonchev–Trinajstić information content (AvgIpc) is 2.28. The molecule has 0 spiro atoms. The second-order valence-corrected chi connectivity index (χ2v) is 3.62. The predicted molar refractivity (Wildman–Crippen MR) is 61.8 cm³/mol. The van der Waals surface area contributed by atoms with Crippen LogP contribution in [0.5, 0.6) is 0 Å². The zero-order valence-corrected chi connectivity index (χ0v) is 9.29. The molecule has 0 aliphatic carbocycles. The van der Waals surface area contributed by atoms with Gasteiger partial charge in [-0.25, -0.2) is 0 Å². The van der Waals surface area contributed by atoms with Crippen LogP contribution in [0.4, 0.5) is 0 Å². The highest BCUT2D eigenvalue weighted by Gasteiger charge is 2.11. The van der Waals surface area contributed by atoms with Crippen LogP contribution in [-0.4, -0.2) is 18.5 Å². The van der Waals surface area contributed by atoms with E-state index in [1.807, 2.05) is 38.1 Å². The quantitative estimate of drug-likeness (QED) is 0.780. The highest BCUT2D eigenvalue weighted by atomic mass is 16.1. The van der Waals surface area contributed by atoms with Gasteiger partial charge in [0.15, 0.2) is 0 Å². The summed E-state index contributed by atoms with van der Waals surface area (Å²) in [5, 5.41) is 2.86. The van der Waals surface area contributed by atoms with Crippen molar-refractivity contribution in [2.45, 2.75) is 26.3 Å². The first-order chi connectivity index (χ1) is 7.19. The van der Waals surface area contributed by atoms with Gasteiger partial charge in [-0.3, -0.25) is 4.79 Å². The number of rotatable bonds is 4. The van der Waals surface area contributed by atoms with Crippen LogP contribution in [0.3, 0.4) is 0 Å². The SMILES string of the molecule is CCc1ccccc1C(=O)NC(C)CN. The fourth-order valence-electron chi connectivity index (χ4n) is 1.41. The number of hydrogen-bond acceptors (Lipinski definition) is 2. The standard InChI is InChI=1S/C12H18N2O/c1-3-10-6-4-5-7-11(10)12(15)14-9(2)8-13/h4-7,9H,3,8,13H2,1-2H3,(H,14,15). The van der Waals surface area contributed by atoms with E-state index in [1.54, 1.807) is 0 Å². The molecule has 0 aromatic heterocycles. The minimum Gasteiger partial charge on any atom is -0.348 e. The molecule has 1 aromatic rings. The molecule has 0 aliphatic rings. The first-order valence-electron chi connectivity index (χ1n) is 5.27. The average molecular weight is 206 g/mol. The van der Waals surface area contributed by atoms with E-state index in [2.05, 4.69) is 5.32 Å². The molecule has 1 aromatic carbocycles. The van der Waals surface area contributed by atoms with Crippen LogP contribution in [-0.2, 0) is 6.42 Å². The molecule has 1 amide bonds. The second kappa shape index (κ2) is 5.51. The van der Waals surface area contributed by atoms with Crippen molar-refractivity contribution in [1.29, 1.82) is 0 Å². The number of carbonyl (C=O) groups is 1. The summed E-state index contributed by atoms with van der Waals surface area (Å²) in [7, 11) is 0. The summed E-state index contributed by atoms with van der Waals surface area (Å²) >= 11 is 0. The number of aryl methyl sites for hydroxylation is 1. The van der Waals surface area contributed by atoms with Crippen molar-refractivity contribution < 1.29 is 4.79 Å². The first kappa shape index (κ1) is 11.7. The molecular formula is C12H18N2O. The maximum atomic E-state index is 11.8. The lowest BCUT2D eigenvalue weighted by molar-refractivity contribution is 0.0940. The molecule has 0 bridgehead atoms. The lowest BCUT2D eigenvalue weighted by Crippen LogP contribution is -2.38. The third-order valence-corrected chi connectivity index (χ3v) is 2.37. The van der Waals surface area contributed by atoms with Gasteiger partial charge in [0.25, 0.3) is 5.91 Å². The molecule has 0 saturated heterocycles. The summed E-state index contributed by atoms with van der Waals surface area (Å²) in [6.45, 7) is 4.39. The van der Waals surface area contributed by atoms with Gasteiger partial charge in [0, 0.05) is 18.2 Å². The molecule has 3 N–H and O–H groups in total. The molecular weight excluding hydrogens is 188 g/mol. The Labute approximate surface area is 90.7 Å². The lowest BCUT2D eigenvalue weighted by atomic mass is 10.0. The Morgan fingerprint density at radius 1 is 1.47 bits per heavy atom. The van der Waals surface area contributed by atoms with Gasteiger partial charge in [0.2, 0.25) is 0 Å². The maximum absolute atomic E-state index is 11.8. The van der Waals surface area contributed by atoms with E-state index in [9.17, 15) is 4.79 Å². The number of nitrogens with one attached hydrogen (secondary N) is 1. The third-order valence-electron chi connectivity index (χ3n) is 2.37. The minimum atomic E-state index is -0.0367. The molecule has 1 atom stereocenters. The van der Waals surface area contributed by atoms with Crippen molar-refractivity contribution in [1.82, 2.24) is 5.32 Å². The highest BCUT2D eigenvalue weighted by molar-refractivity contribution is 5.95. The van der Waals surface area contributed by atoms with Crippen LogP contribution in [0.1, 0.15) is 29.8 Å². The molecule has 0 heterocycles. The van der Waals surface area contributed by atoms with Crippen LogP contribution >= 0.6 is 0 Å². The Bertz CT molecular complexity index is 336. The summed E-state index contributed by atoms with van der Waals surface area (Å²) in [4.78, 5) is 11.8. The van der Waals surface area contributed by atoms with Gasteiger partial charge in [-0.15, -0.1) is 0 Å². The van der Waals surface area contributed by atoms with E-state index in [0.29, 0.717) is 6.54 Å². The summed E-state index contributed by atoms with van der Waals surface area (Å²) in [5.41, 5.74) is 7.27. The fourth-order valence-corrected chi connectivity index (χ4v) is 1.41. The number of carbonyl (C=O) groups excluding carboxylic acids is 1. The molecule has 3 nitrogen and oxygen atoms in total. The molecule has 0 radical (unpaired) electrons. The van der Waals surface area contributed by atoms with E-state index >= 15 is 0 Å². The molecule has 0 saturated carbocycles. The second-order valence-electron chi connectivity index (χ2n) is 3.62. The number of nitrogens with two attached hydrogens (primary N) is 1. The van der Waals surface area contributed by atoms with Crippen molar-refractivity contribution >= 4 is 5.91 Å². The van der Waals surface area contributed by atoms with Crippen molar-refractivity contribution in [2.75, 3.05) is 6.54 Å². The Morgan fingerprint density at radius 2 is 2.13 bits per heavy atom. The zero-order valence-electron chi connectivity index (χ0n) is 9.29. The van der Waals surface area contributed by atoms with E-state index in [0.717, 1.165) is 17.5 Å². The number of amides is 1. The molecule has 0 fully saturated rings. The first-order valence-corrected chi connectivity index (χ1v) is 5.27. The Kier molecular flexibility index (Phi) is 4.31. The van der Waals surface area contributed by atoms with E-state index < -0.39 is 0 Å². The monoisotopic (exact) mass is 206 g/mol. The van der Waals surface area contributed by atoms with Crippen molar-refractivity contribution in [2.24, 2.45) is 5.73 Å². The largest absolute Gasteiger partial charge is 0.348 e. The van der Waals surface area contributed by atoms with E-state index in [1.165, 1.54) is 0 Å². The van der Waals surface area contributed by atoms with E-state index in [-0.39, 0.29) is 11.9 Å². The van der Waals surface area contributed by atoms with Crippen LogP contribution in [0.25, 0.3) is 0 Å². The van der Waals surface area contributed by atoms with Crippen LogP contribution < -0.4 is 11.1 Å². The minimum absolute atomic E-state index is 0.0161. The maximum Gasteiger partial charge on any atom is 0.251 e. The van der Waals surface area contributed by atoms with Gasteiger partial charge >= 0.3 is 0 Å². The lowest BCUT2D eigenvalue weighted by Gasteiger charge is -2.13. The zero-order chi connectivity index (χ0) is 11.3. The van der Waals surface area contributed by atoms with Gasteiger partial charge in [0.1, 0.15) is 0 Å². The van der Waals surface area contributed by atoms with E-state index in [4.69, 9.17) is 5.73 Å². The van der Waals surface area contributed by atoms with Gasteiger partial charge < -0.3 is 11.1 Å². The summed E-state index contributed by atoms with van der Waals surface area (Å²) in [6, 6.07) is 7.66. The van der Waals surface area contributed by atoms with Gasteiger partial charge in [-0.1, -0.05) is 25.1 Å². The smallest absolute Gasteiger partial charge is 0.251 e. The normalized spacial score (nSPS) is 12.2. The molecule has 1 rings (SSSR count). The Morgan fingerprint density at radius 3 is 2.73 bits per heavy atom. The van der Waals surface area contributed by atoms with Crippen molar-refractivity contribution in [3.05, 3.63) is 35.4 Å². The summed E-state index contributed by atoms with van der Waals surface area (Å²) in [5.74, 6) is -0.0367. The third kappa shape index (κ3) is 3.06. The Balaban J connectivity index is 2.81. The number of benzene rings is 1. The van der Waals surface area contributed by atoms with Crippen molar-refractivity contribution in [3.63, 3.8) is 0 Å². The van der Waals surface area contributed by atoms with Crippen LogP contribution in [0.15, 0.2) is 24.3 Å². The fraction of sp³-hybridized carbons (Fsp3) is 0.417. The Hall–Kier alpha value is -1.35. The van der Waals surface area contributed by atoms with Gasteiger partial charge in [-0.05, 0) is 25.0 Å². The van der Waals surface area contributed by atoms with Gasteiger partial charge in [-0.2, -0.15) is 0 Å². The molecule has 0 aliphatic heterocycles.